The topological polar surface area (TPSA) is 46.2 Å². The predicted molar refractivity (Wildman–Crippen MR) is 23.6 cm³/mol. The van der Waals surface area contributed by atoms with E-state index in [0.717, 1.165) is 0 Å². The molecule has 0 heterocycles. The van der Waals surface area contributed by atoms with Crippen molar-refractivity contribution in [2.75, 3.05) is 6.61 Å². The fourth-order valence-corrected chi connectivity index (χ4v) is 0. The minimum atomic E-state index is -0.0602. The van der Waals surface area contributed by atoms with Crippen LogP contribution in [0.15, 0.2) is 0 Å². The summed E-state index contributed by atoms with van der Waals surface area (Å²) in [6.07, 6.45) is 0. The van der Waals surface area contributed by atoms with Gasteiger partial charge in [0.05, 0.1) is 6.61 Å². The minimum Gasteiger partial charge on any atom is -0.396 e. The molecule has 0 amide bonds. The molecule has 2 nitrogen and oxygen atoms in total. The second-order valence-corrected chi connectivity index (χ2v) is 1.16. The van der Waals surface area contributed by atoms with Crippen LogP contribution < -0.4 is 5.73 Å². The summed E-state index contributed by atoms with van der Waals surface area (Å²) in [6, 6.07) is 0. The lowest BCUT2D eigenvalue weighted by molar-refractivity contribution is 0.294. The third-order valence-corrected chi connectivity index (χ3v) is 0.288. The van der Waals surface area contributed by atoms with Gasteiger partial charge in [-0.05, 0) is 5.94 Å². The molecule has 0 rings (SSSR count). The summed E-state index contributed by atoms with van der Waals surface area (Å²) in [5.41, 5.74) is 5.04. The largest absolute Gasteiger partial charge is 0.396 e. The number of hydrogen-bond donors (Lipinski definition) is 2. The maximum Gasteiger partial charge on any atom is 0.126 e. The highest BCUT2D eigenvalue weighted by molar-refractivity contribution is 6.11. The molecule has 0 fully saturated rings. The van der Waals surface area contributed by atoms with Crippen LogP contribution in [-0.2, 0) is 0 Å². The maximum atomic E-state index is 8.02. The molecule has 0 aliphatic rings. The summed E-state index contributed by atoms with van der Waals surface area (Å²) in [5.74, 6) is -0.0602. The highest BCUT2D eigenvalue weighted by Crippen LogP contribution is 1.54. The van der Waals surface area contributed by atoms with Crippen LogP contribution in [0.3, 0.4) is 0 Å². The molecule has 0 unspecified atom stereocenters. The Morgan fingerprint density at radius 1 is 2.00 bits per heavy atom. The lowest BCUT2D eigenvalue weighted by atomic mass is 10.00. The summed E-state index contributed by atoms with van der Waals surface area (Å²) < 4.78 is 0. The summed E-state index contributed by atoms with van der Waals surface area (Å²) in [6.45, 7) is 0.0833. The fourth-order valence-electron chi connectivity index (χ4n) is 0. The molecule has 3 N–H and O–H groups in total. The highest BCUT2D eigenvalue weighted by Gasteiger charge is 1.82. The van der Waals surface area contributed by atoms with Crippen molar-refractivity contribution in [2.45, 2.75) is 5.94 Å². The number of aliphatic hydroxyl groups excluding tert-OH is 1. The molecule has 1 atom stereocenters. The molecule has 0 aliphatic carbocycles. The third-order valence-electron chi connectivity index (χ3n) is 0.288. The molecule has 0 saturated heterocycles. The Bertz CT molecular complexity index is 23.6. The monoisotopic (exact) mass is 73.1 g/mol. The normalized spacial score (nSPS) is 14.8. The Balaban J connectivity index is 2.54. The second kappa shape index (κ2) is 2.24. The second-order valence-electron chi connectivity index (χ2n) is 1.16. The van der Waals surface area contributed by atoms with E-state index in [1.807, 2.05) is 0 Å². The first-order chi connectivity index (χ1) is 2.27. The SMILES string of the molecule is B[C@@H](N)CO. The lowest BCUT2D eigenvalue weighted by Gasteiger charge is -1.90. The van der Waals surface area contributed by atoms with Gasteiger partial charge in [0.2, 0.25) is 0 Å². The fraction of sp³-hybridized carbons (Fsp3) is 1.00. The van der Waals surface area contributed by atoms with Gasteiger partial charge in [0.15, 0.2) is 0 Å². The van der Waals surface area contributed by atoms with Crippen molar-refractivity contribution in [1.82, 2.24) is 0 Å². The first kappa shape index (κ1) is 4.98. The van der Waals surface area contributed by atoms with Crippen molar-refractivity contribution in [3.63, 3.8) is 0 Å². The zero-order valence-electron chi connectivity index (χ0n) is 3.31. The van der Waals surface area contributed by atoms with E-state index in [1.165, 1.54) is 0 Å². The van der Waals surface area contributed by atoms with Crippen molar-refractivity contribution in [3.05, 3.63) is 0 Å². The molecule has 0 aromatic carbocycles. The molecule has 3 heteroatoms. The van der Waals surface area contributed by atoms with Crippen LogP contribution in [0.4, 0.5) is 0 Å². The molecule has 0 aromatic rings. The Kier molecular flexibility index (Phi) is 2.23. The van der Waals surface area contributed by atoms with Crippen LogP contribution in [0, 0.1) is 0 Å². The molecule has 5 heavy (non-hydrogen) atoms. The smallest absolute Gasteiger partial charge is 0.126 e. The van der Waals surface area contributed by atoms with E-state index in [2.05, 4.69) is 0 Å². The van der Waals surface area contributed by atoms with Gasteiger partial charge in [-0.1, -0.05) is 0 Å². The average molecular weight is 72.9 g/mol. The van der Waals surface area contributed by atoms with Crippen LogP contribution in [-0.4, -0.2) is 25.5 Å². The van der Waals surface area contributed by atoms with Crippen LogP contribution in [0.5, 0.6) is 0 Å². The zero-order valence-corrected chi connectivity index (χ0v) is 3.31. The Labute approximate surface area is 32.4 Å². The van der Waals surface area contributed by atoms with Crippen molar-refractivity contribution in [1.29, 1.82) is 0 Å². The summed E-state index contributed by atoms with van der Waals surface area (Å²) >= 11 is 0. The predicted octanol–water partition coefficient (Wildman–Crippen LogP) is -2.10. The maximum absolute atomic E-state index is 8.02. The van der Waals surface area contributed by atoms with E-state index in [-0.39, 0.29) is 12.5 Å². The summed E-state index contributed by atoms with van der Waals surface area (Å²) in [7, 11) is 1.75. The van der Waals surface area contributed by atoms with Gasteiger partial charge in [0.1, 0.15) is 7.85 Å². The molecular formula is C2H8BNO. The van der Waals surface area contributed by atoms with Crippen molar-refractivity contribution in [2.24, 2.45) is 5.73 Å². The van der Waals surface area contributed by atoms with Crippen molar-refractivity contribution < 1.29 is 5.11 Å². The number of rotatable bonds is 1. The van der Waals surface area contributed by atoms with Crippen LogP contribution >= 0.6 is 0 Å². The first-order valence-electron chi connectivity index (χ1n) is 1.64. The van der Waals surface area contributed by atoms with E-state index in [1.54, 1.807) is 7.85 Å². The standard InChI is InChI=1S/C2H8BNO/c3-2(4)1-5/h2,5H,1,3-4H2/t2-/m0/s1. The van der Waals surface area contributed by atoms with E-state index >= 15 is 0 Å². The van der Waals surface area contributed by atoms with Crippen LogP contribution in [0.25, 0.3) is 0 Å². The van der Waals surface area contributed by atoms with Gasteiger partial charge in [-0.2, -0.15) is 0 Å². The molecule has 0 aliphatic heterocycles. The van der Waals surface area contributed by atoms with Crippen molar-refractivity contribution in [3.8, 4) is 0 Å². The van der Waals surface area contributed by atoms with Gasteiger partial charge in [-0.25, -0.2) is 0 Å². The van der Waals surface area contributed by atoms with E-state index in [9.17, 15) is 0 Å². The molecule has 0 radical (unpaired) electrons. The average Bonchev–Trinajstić information content (AvgIpc) is 1.38. The van der Waals surface area contributed by atoms with Gasteiger partial charge in [0.25, 0.3) is 0 Å². The molecule has 0 saturated carbocycles. The first-order valence-corrected chi connectivity index (χ1v) is 1.64. The number of hydrogen-bond acceptors (Lipinski definition) is 2. The van der Waals surface area contributed by atoms with E-state index in [0.29, 0.717) is 0 Å². The van der Waals surface area contributed by atoms with Gasteiger partial charge in [0, 0.05) is 0 Å². The minimum absolute atomic E-state index is 0.0602. The number of nitrogens with two attached hydrogens (primary N) is 1. The Morgan fingerprint density at radius 2 is 2.20 bits per heavy atom. The molecular weight excluding hydrogens is 64.8 g/mol. The highest BCUT2D eigenvalue weighted by atomic mass is 16.3. The number of aliphatic hydroxyl groups is 1. The van der Waals surface area contributed by atoms with Crippen molar-refractivity contribution >= 4 is 7.85 Å². The molecule has 0 aromatic heterocycles. The Morgan fingerprint density at radius 3 is 2.20 bits per heavy atom. The molecule has 30 valence electrons. The lowest BCUT2D eigenvalue weighted by Crippen LogP contribution is -2.23. The van der Waals surface area contributed by atoms with E-state index < -0.39 is 0 Å². The van der Waals surface area contributed by atoms with Gasteiger partial charge in [-0.3, -0.25) is 0 Å². The van der Waals surface area contributed by atoms with Gasteiger partial charge in [-0.15, -0.1) is 0 Å². The quantitative estimate of drug-likeness (QED) is 0.349. The Hall–Kier alpha value is -0.0151. The van der Waals surface area contributed by atoms with Crippen LogP contribution in [0.2, 0.25) is 0 Å². The summed E-state index contributed by atoms with van der Waals surface area (Å²) in [4.78, 5) is 0. The van der Waals surface area contributed by atoms with Crippen LogP contribution in [0.1, 0.15) is 0 Å². The van der Waals surface area contributed by atoms with E-state index in [4.69, 9.17) is 10.8 Å². The third kappa shape index (κ3) is 3.98. The summed E-state index contributed by atoms with van der Waals surface area (Å²) in [5, 5.41) is 8.02. The molecule has 0 spiro atoms. The molecule has 0 bridgehead atoms. The zero-order chi connectivity index (χ0) is 4.28. The van der Waals surface area contributed by atoms with Gasteiger partial charge >= 0.3 is 0 Å². The van der Waals surface area contributed by atoms with Gasteiger partial charge < -0.3 is 10.8 Å².